The molecule has 0 saturated heterocycles. The number of hydrogen-bond acceptors (Lipinski definition) is 1. The second-order valence-electron chi connectivity index (χ2n) is 7.92. The van der Waals surface area contributed by atoms with Gasteiger partial charge in [0.1, 0.15) is 0 Å². The third-order valence-corrected chi connectivity index (χ3v) is 6.57. The smallest absolute Gasteiger partial charge is 0.0354 e. The molecule has 2 bridgehead atoms. The summed E-state index contributed by atoms with van der Waals surface area (Å²) in [6.07, 6.45) is 4.60. The number of nitrogens with one attached hydrogen (secondary N) is 1. The number of fused-ring (bicyclic) bond motifs is 5. The van der Waals surface area contributed by atoms with E-state index in [1.54, 1.807) is 6.42 Å². The van der Waals surface area contributed by atoms with Crippen molar-refractivity contribution in [1.29, 1.82) is 0 Å². The van der Waals surface area contributed by atoms with Crippen LogP contribution in [0.25, 0.3) is 0 Å². The van der Waals surface area contributed by atoms with Crippen LogP contribution in [0.3, 0.4) is 0 Å². The maximum atomic E-state index is 3.81. The number of hydrogen-bond donors (Lipinski definition) is 1. The Morgan fingerprint density at radius 3 is 2.10 bits per heavy atom. The molecule has 5 unspecified atom stereocenters. The highest BCUT2D eigenvalue weighted by atomic mass is 14.9. The van der Waals surface area contributed by atoms with E-state index in [4.69, 9.17) is 0 Å². The van der Waals surface area contributed by atoms with E-state index in [0.29, 0.717) is 12.0 Å². The molecule has 3 fully saturated rings. The molecule has 0 spiro atoms. The minimum absolute atomic E-state index is 0.606. The van der Waals surface area contributed by atoms with Crippen LogP contribution in [0.5, 0.6) is 0 Å². The van der Waals surface area contributed by atoms with Gasteiger partial charge >= 0.3 is 0 Å². The van der Waals surface area contributed by atoms with Gasteiger partial charge in [0.15, 0.2) is 0 Å². The second-order valence-corrected chi connectivity index (χ2v) is 7.92. The van der Waals surface area contributed by atoms with Crippen LogP contribution in [-0.4, -0.2) is 6.54 Å². The summed E-state index contributed by atoms with van der Waals surface area (Å²) >= 11 is 0. The highest BCUT2D eigenvalue weighted by Gasteiger charge is 2.66. The molecule has 1 heteroatoms. The molecule has 0 aliphatic heterocycles. The lowest BCUT2D eigenvalue weighted by atomic mass is 9.91. The summed E-state index contributed by atoms with van der Waals surface area (Å²) in [5, 5.41) is 3.81. The van der Waals surface area contributed by atoms with Gasteiger partial charge in [-0.2, -0.15) is 0 Å². The van der Waals surface area contributed by atoms with Crippen molar-refractivity contribution in [1.82, 2.24) is 5.32 Å². The van der Waals surface area contributed by atoms with Crippen LogP contribution in [0.4, 0.5) is 0 Å². The highest BCUT2D eigenvalue weighted by Crippen LogP contribution is 2.72. The average Bonchev–Trinajstić information content (AvgIpc) is 2.90. The Morgan fingerprint density at radius 1 is 1.00 bits per heavy atom. The molecule has 21 heavy (non-hydrogen) atoms. The van der Waals surface area contributed by atoms with Crippen LogP contribution < -0.4 is 5.32 Å². The first kappa shape index (κ1) is 13.8. The van der Waals surface area contributed by atoms with E-state index in [-0.39, 0.29) is 0 Å². The van der Waals surface area contributed by atoms with Crippen molar-refractivity contribution in [2.45, 2.75) is 52.0 Å². The quantitative estimate of drug-likeness (QED) is 0.822. The lowest BCUT2D eigenvalue weighted by molar-refractivity contribution is 0.374. The normalized spacial score (nSPS) is 37.8. The topological polar surface area (TPSA) is 12.0 Å². The Morgan fingerprint density at radius 2 is 1.57 bits per heavy atom. The second kappa shape index (κ2) is 5.12. The van der Waals surface area contributed by atoms with Crippen LogP contribution in [0.15, 0.2) is 24.3 Å². The Balaban J connectivity index is 1.55. The summed E-state index contributed by atoms with van der Waals surface area (Å²) in [6.45, 7) is 7.89. The van der Waals surface area contributed by atoms with Crippen molar-refractivity contribution in [3.05, 3.63) is 35.4 Å². The van der Waals surface area contributed by atoms with Crippen LogP contribution in [0, 0.1) is 29.6 Å². The van der Waals surface area contributed by atoms with E-state index in [2.05, 4.69) is 50.4 Å². The molecule has 1 aromatic carbocycles. The molecule has 114 valence electrons. The van der Waals surface area contributed by atoms with Crippen molar-refractivity contribution >= 4 is 0 Å². The van der Waals surface area contributed by atoms with Gasteiger partial charge in [0.05, 0.1) is 0 Å². The van der Waals surface area contributed by atoms with Gasteiger partial charge in [-0.05, 0) is 72.4 Å². The van der Waals surface area contributed by atoms with Crippen LogP contribution in [0.1, 0.15) is 63.1 Å². The Hall–Kier alpha value is -0.820. The maximum absolute atomic E-state index is 3.81. The van der Waals surface area contributed by atoms with Crippen molar-refractivity contribution in [3.63, 3.8) is 0 Å². The van der Waals surface area contributed by atoms with E-state index in [9.17, 15) is 0 Å². The van der Waals surface area contributed by atoms with Gasteiger partial charge in [0.2, 0.25) is 0 Å². The zero-order valence-corrected chi connectivity index (χ0v) is 13.7. The van der Waals surface area contributed by atoms with E-state index in [1.807, 2.05) is 0 Å². The SMILES string of the molecule is CCNC(c1ccc(C(C)C)cc1)C1C2C3CCC(C3)C21. The molecule has 0 amide bonds. The minimum Gasteiger partial charge on any atom is -0.310 e. The van der Waals surface area contributed by atoms with Gasteiger partial charge in [-0.1, -0.05) is 45.0 Å². The third kappa shape index (κ3) is 2.16. The van der Waals surface area contributed by atoms with E-state index >= 15 is 0 Å². The van der Waals surface area contributed by atoms with Gasteiger partial charge < -0.3 is 5.32 Å². The zero-order chi connectivity index (χ0) is 14.6. The Labute approximate surface area is 129 Å². The molecule has 3 saturated carbocycles. The molecule has 4 rings (SSSR count). The monoisotopic (exact) mass is 283 g/mol. The van der Waals surface area contributed by atoms with Crippen molar-refractivity contribution in [2.24, 2.45) is 29.6 Å². The first-order valence-corrected chi connectivity index (χ1v) is 9.04. The highest BCUT2D eigenvalue weighted by molar-refractivity contribution is 5.30. The fourth-order valence-corrected chi connectivity index (χ4v) is 5.62. The molecule has 1 N–H and O–H groups in total. The van der Waals surface area contributed by atoms with Crippen LogP contribution in [0.2, 0.25) is 0 Å². The first-order valence-electron chi connectivity index (χ1n) is 9.04. The fourth-order valence-electron chi connectivity index (χ4n) is 5.62. The number of benzene rings is 1. The van der Waals surface area contributed by atoms with Crippen molar-refractivity contribution in [2.75, 3.05) is 6.54 Å². The van der Waals surface area contributed by atoms with E-state index < -0.39 is 0 Å². The summed E-state index contributed by atoms with van der Waals surface area (Å²) in [4.78, 5) is 0. The summed E-state index contributed by atoms with van der Waals surface area (Å²) in [6, 6.07) is 10.1. The summed E-state index contributed by atoms with van der Waals surface area (Å²) in [7, 11) is 0. The van der Waals surface area contributed by atoms with Crippen molar-refractivity contribution < 1.29 is 0 Å². The molecule has 5 atom stereocenters. The van der Waals surface area contributed by atoms with Gasteiger partial charge in [0.25, 0.3) is 0 Å². The largest absolute Gasteiger partial charge is 0.310 e. The fraction of sp³-hybridized carbons (Fsp3) is 0.700. The molecule has 0 heterocycles. The summed E-state index contributed by atoms with van der Waals surface area (Å²) in [5.41, 5.74) is 2.99. The van der Waals surface area contributed by atoms with E-state index in [1.165, 1.54) is 24.0 Å². The summed E-state index contributed by atoms with van der Waals surface area (Å²) in [5.74, 6) is 5.81. The van der Waals surface area contributed by atoms with Crippen molar-refractivity contribution in [3.8, 4) is 0 Å². The predicted octanol–water partition coefficient (Wildman–Crippen LogP) is 4.75. The number of rotatable bonds is 5. The van der Waals surface area contributed by atoms with Crippen LogP contribution in [-0.2, 0) is 0 Å². The zero-order valence-electron chi connectivity index (χ0n) is 13.7. The molecule has 1 aromatic rings. The lowest BCUT2D eigenvalue weighted by Crippen LogP contribution is -2.25. The molecule has 1 nitrogen and oxygen atoms in total. The lowest BCUT2D eigenvalue weighted by Gasteiger charge is -2.22. The Kier molecular flexibility index (Phi) is 3.37. The molecule has 0 aromatic heterocycles. The van der Waals surface area contributed by atoms with Crippen LogP contribution >= 0.6 is 0 Å². The predicted molar refractivity (Wildman–Crippen MR) is 88.2 cm³/mol. The van der Waals surface area contributed by atoms with Gasteiger partial charge in [-0.3, -0.25) is 0 Å². The summed E-state index contributed by atoms with van der Waals surface area (Å²) < 4.78 is 0. The molecule has 0 radical (unpaired) electrons. The average molecular weight is 283 g/mol. The van der Waals surface area contributed by atoms with E-state index in [0.717, 1.165) is 36.1 Å². The molecular weight excluding hydrogens is 254 g/mol. The molecular formula is C20H29N. The van der Waals surface area contributed by atoms with Gasteiger partial charge in [-0.25, -0.2) is 0 Å². The maximum Gasteiger partial charge on any atom is 0.0354 e. The van der Waals surface area contributed by atoms with Gasteiger partial charge in [-0.15, -0.1) is 0 Å². The molecule has 3 aliphatic rings. The first-order chi connectivity index (χ1) is 10.2. The molecule has 3 aliphatic carbocycles. The standard InChI is InChI=1S/C20H29N/c1-4-21-20(14-7-5-13(6-8-14)12(2)3)19-17-15-9-10-16(11-15)18(17)19/h5-8,12,15-21H,4,9-11H2,1-3H3. The third-order valence-electron chi connectivity index (χ3n) is 6.57. The Bertz CT molecular complexity index is 487. The minimum atomic E-state index is 0.606. The van der Waals surface area contributed by atoms with Gasteiger partial charge in [0, 0.05) is 6.04 Å².